The topological polar surface area (TPSA) is 36.0 Å². The molecule has 1 aromatic carbocycles. The molecule has 1 amide bonds. The number of nitrogens with zero attached hydrogens (tertiary/aromatic N) is 3. The van der Waals surface area contributed by atoms with Gasteiger partial charge in [-0.15, -0.1) is 0 Å². The van der Waals surface area contributed by atoms with Gasteiger partial charge < -0.3 is 14.5 Å². The first-order valence-corrected chi connectivity index (χ1v) is 8.21. The summed E-state index contributed by atoms with van der Waals surface area (Å²) >= 11 is 0. The lowest BCUT2D eigenvalue weighted by molar-refractivity contribution is 0.122. The first-order valence-electron chi connectivity index (χ1n) is 8.21. The third-order valence-corrected chi connectivity index (χ3v) is 4.46. The molecule has 1 aromatic rings. The smallest absolute Gasteiger partial charge is 0.409 e. The van der Waals surface area contributed by atoms with Crippen LogP contribution in [0.25, 0.3) is 0 Å². The van der Waals surface area contributed by atoms with Crippen molar-refractivity contribution in [3.8, 4) is 0 Å². The summed E-state index contributed by atoms with van der Waals surface area (Å²) in [7, 11) is 0. The van der Waals surface area contributed by atoms with Gasteiger partial charge in [0.25, 0.3) is 0 Å². The van der Waals surface area contributed by atoms with Crippen molar-refractivity contribution in [3.63, 3.8) is 0 Å². The molecule has 2 aliphatic heterocycles. The molecular formula is C17H25N3O2. The standard InChI is InChI=1S/C17H25N3O2/c21-17-20(13-14-22-17)8-4-7-18-9-11-19(12-10-18)15-16-5-2-1-3-6-16/h1-3,5-6H,4,7-15H2. The second kappa shape index (κ2) is 7.61. The van der Waals surface area contributed by atoms with E-state index in [9.17, 15) is 4.79 Å². The third kappa shape index (κ3) is 4.21. The molecule has 0 aromatic heterocycles. The van der Waals surface area contributed by atoms with Gasteiger partial charge in [0.05, 0.1) is 6.54 Å². The number of amides is 1. The molecule has 2 aliphatic rings. The molecule has 5 nitrogen and oxygen atoms in total. The van der Waals surface area contributed by atoms with Crippen molar-refractivity contribution in [2.45, 2.75) is 13.0 Å². The Balaban J connectivity index is 1.32. The van der Waals surface area contributed by atoms with Crippen LogP contribution in [0.5, 0.6) is 0 Å². The first-order chi connectivity index (χ1) is 10.8. The van der Waals surface area contributed by atoms with Gasteiger partial charge in [0.2, 0.25) is 0 Å². The quantitative estimate of drug-likeness (QED) is 0.800. The molecule has 3 rings (SSSR count). The van der Waals surface area contributed by atoms with Crippen LogP contribution in [0, 0.1) is 0 Å². The minimum atomic E-state index is -0.146. The summed E-state index contributed by atoms with van der Waals surface area (Å²) in [5.74, 6) is 0. The summed E-state index contributed by atoms with van der Waals surface area (Å²) in [5, 5.41) is 0. The van der Waals surface area contributed by atoms with Crippen molar-refractivity contribution in [1.82, 2.24) is 14.7 Å². The molecule has 22 heavy (non-hydrogen) atoms. The fourth-order valence-corrected chi connectivity index (χ4v) is 3.13. The van der Waals surface area contributed by atoms with E-state index in [2.05, 4.69) is 40.1 Å². The zero-order chi connectivity index (χ0) is 15.2. The summed E-state index contributed by atoms with van der Waals surface area (Å²) in [6, 6.07) is 10.7. The van der Waals surface area contributed by atoms with Gasteiger partial charge in [-0.2, -0.15) is 0 Å². The van der Waals surface area contributed by atoms with E-state index in [4.69, 9.17) is 4.74 Å². The van der Waals surface area contributed by atoms with E-state index in [1.54, 1.807) is 0 Å². The van der Waals surface area contributed by atoms with E-state index in [0.29, 0.717) is 6.61 Å². The number of piperazine rings is 1. The van der Waals surface area contributed by atoms with E-state index in [1.165, 1.54) is 5.56 Å². The maximum absolute atomic E-state index is 11.4. The van der Waals surface area contributed by atoms with Crippen LogP contribution in [0.4, 0.5) is 4.79 Å². The van der Waals surface area contributed by atoms with Gasteiger partial charge in [-0.05, 0) is 18.5 Å². The molecule has 2 heterocycles. The summed E-state index contributed by atoms with van der Waals surface area (Å²) in [6.07, 6.45) is 0.890. The lowest BCUT2D eigenvalue weighted by Crippen LogP contribution is -2.46. The maximum Gasteiger partial charge on any atom is 0.409 e. The van der Waals surface area contributed by atoms with Crippen molar-refractivity contribution < 1.29 is 9.53 Å². The molecule has 0 saturated carbocycles. The molecule has 0 atom stereocenters. The molecule has 0 aliphatic carbocycles. The minimum Gasteiger partial charge on any atom is -0.448 e. The highest BCUT2D eigenvalue weighted by molar-refractivity contribution is 5.69. The molecule has 2 saturated heterocycles. The summed E-state index contributed by atoms with van der Waals surface area (Å²) in [4.78, 5) is 18.2. The van der Waals surface area contributed by atoms with E-state index in [1.807, 2.05) is 4.90 Å². The number of cyclic esters (lactones) is 1. The average molecular weight is 303 g/mol. The summed E-state index contributed by atoms with van der Waals surface area (Å²) in [5.41, 5.74) is 1.39. The Bertz CT molecular complexity index is 472. The van der Waals surface area contributed by atoms with Crippen LogP contribution in [0.2, 0.25) is 0 Å². The summed E-state index contributed by atoms with van der Waals surface area (Å²) in [6.45, 7) is 8.75. The van der Waals surface area contributed by atoms with Gasteiger partial charge >= 0.3 is 6.09 Å². The molecule has 2 fully saturated rings. The Morgan fingerprint density at radius 3 is 2.32 bits per heavy atom. The number of ether oxygens (including phenoxy) is 1. The van der Waals surface area contributed by atoms with Crippen molar-refractivity contribution in [1.29, 1.82) is 0 Å². The van der Waals surface area contributed by atoms with Crippen LogP contribution in [0.15, 0.2) is 30.3 Å². The monoisotopic (exact) mass is 303 g/mol. The largest absolute Gasteiger partial charge is 0.448 e. The lowest BCUT2D eigenvalue weighted by Gasteiger charge is -2.34. The molecule has 0 bridgehead atoms. The first kappa shape index (κ1) is 15.3. The van der Waals surface area contributed by atoms with Crippen molar-refractivity contribution in [2.75, 3.05) is 52.4 Å². The Kier molecular flexibility index (Phi) is 5.29. The minimum absolute atomic E-state index is 0.146. The normalized spacial score (nSPS) is 20.4. The Hall–Kier alpha value is -1.59. The van der Waals surface area contributed by atoms with E-state index in [-0.39, 0.29) is 6.09 Å². The highest BCUT2D eigenvalue weighted by atomic mass is 16.6. The summed E-state index contributed by atoms with van der Waals surface area (Å²) < 4.78 is 4.95. The molecule has 0 radical (unpaired) electrons. The number of rotatable bonds is 6. The zero-order valence-electron chi connectivity index (χ0n) is 13.1. The molecule has 5 heteroatoms. The molecular weight excluding hydrogens is 278 g/mol. The third-order valence-electron chi connectivity index (χ3n) is 4.46. The van der Waals surface area contributed by atoms with Gasteiger partial charge in [-0.1, -0.05) is 30.3 Å². The van der Waals surface area contributed by atoms with Gasteiger partial charge in [0, 0.05) is 39.3 Å². The number of hydrogen-bond acceptors (Lipinski definition) is 4. The van der Waals surface area contributed by atoms with Crippen LogP contribution < -0.4 is 0 Å². The van der Waals surface area contributed by atoms with Crippen molar-refractivity contribution in [2.24, 2.45) is 0 Å². The predicted molar refractivity (Wildman–Crippen MR) is 85.7 cm³/mol. The highest BCUT2D eigenvalue weighted by Crippen LogP contribution is 2.09. The number of carbonyl (C=O) groups excluding carboxylic acids is 1. The maximum atomic E-state index is 11.4. The van der Waals surface area contributed by atoms with E-state index < -0.39 is 0 Å². The lowest BCUT2D eigenvalue weighted by atomic mass is 10.2. The second-order valence-corrected chi connectivity index (χ2v) is 6.06. The second-order valence-electron chi connectivity index (χ2n) is 6.06. The number of carbonyl (C=O) groups is 1. The predicted octanol–water partition coefficient (Wildman–Crippen LogP) is 1.65. The number of benzene rings is 1. The fraction of sp³-hybridized carbons (Fsp3) is 0.588. The van der Waals surface area contributed by atoms with Crippen LogP contribution in [0.3, 0.4) is 0 Å². The molecule has 0 unspecified atom stereocenters. The number of hydrogen-bond donors (Lipinski definition) is 0. The van der Waals surface area contributed by atoms with Crippen LogP contribution >= 0.6 is 0 Å². The molecule has 0 N–H and O–H groups in total. The van der Waals surface area contributed by atoms with Gasteiger partial charge in [0.15, 0.2) is 0 Å². The van der Waals surface area contributed by atoms with Gasteiger partial charge in [0.1, 0.15) is 6.61 Å². The SMILES string of the molecule is O=C1OCCN1CCCN1CCN(Cc2ccccc2)CC1. The zero-order valence-corrected chi connectivity index (χ0v) is 13.1. The molecule has 0 spiro atoms. The van der Waals surface area contributed by atoms with Crippen molar-refractivity contribution >= 4 is 6.09 Å². The highest BCUT2D eigenvalue weighted by Gasteiger charge is 2.22. The van der Waals surface area contributed by atoms with Crippen molar-refractivity contribution in [3.05, 3.63) is 35.9 Å². The van der Waals surface area contributed by atoms with E-state index in [0.717, 1.165) is 58.8 Å². The fourth-order valence-electron chi connectivity index (χ4n) is 3.13. The van der Waals surface area contributed by atoms with Crippen LogP contribution in [-0.4, -0.2) is 73.2 Å². The van der Waals surface area contributed by atoms with Gasteiger partial charge in [-0.3, -0.25) is 4.90 Å². The van der Waals surface area contributed by atoms with Gasteiger partial charge in [-0.25, -0.2) is 4.79 Å². The molecule has 120 valence electrons. The Morgan fingerprint density at radius 1 is 0.909 bits per heavy atom. The average Bonchev–Trinajstić information content (AvgIpc) is 2.95. The van der Waals surface area contributed by atoms with Crippen LogP contribution in [0.1, 0.15) is 12.0 Å². The van der Waals surface area contributed by atoms with E-state index >= 15 is 0 Å². The Morgan fingerprint density at radius 2 is 1.64 bits per heavy atom. The van der Waals surface area contributed by atoms with Crippen LogP contribution in [-0.2, 0) is 11.3 Å². The Labute approximate surface area is 132 Å².